The van der Waals surface area contributed by atoms with Gasteiger partial charge in [-0.1, -0.05) is 0 Å². The maximum Gasteiger partial charge on any atom is 0.136 e. The third kappa shape index (κ3) is 2.30. The smallest absolute Gasteiger partial charge is 0.136 e. The summed E-state index contributed by atoms with van der Waals surface area (Å²) in [5.74, 6) is 0. The van der Waals surface area contributed by atoms with E-state index in [1.54, 1.807) is 11.3 Å². The third-order valence-electron chi connectivity index (χ3n) is 3.13. The highest BCUT2D eigenvalue weighted by Gasteiger charge is 2.45. The Bertz CT molecular complexity index is 338. The Morgan fingerprint density at radius 1 is 1.44 bits per heavy atom. The lowest BCUT2D eigenvalue weighted by molar-refractivity contribution is 0.223. The molecule has 1 aromatic rings. The van der Waals surface area contributed by atoms with Crippen molar-refractivity contribution in [2.24, 2.45) is 0 Å². The molecule has 2 nitrogen and oxygen atoms in total. The first-order valence-electron chi connectivity index (χ1n) is 5.66. The van der Waals surface area contributed by atoms with Crippen LogP contribution in [0.3, 0.4) is 0 Å². The molecule has 0 bridgehead atoms. The molecule has 1 aliphatic carbocycles. The normalized spacial score (nSPS) is 21.5. The molecule has 1 atom stereocenters. The quantitative estimate of drug-likeness (QED) is 0.844. The molecule has 0 aromatic carbocycles. The minimum Gasteiger partial charge on any atom is -0.598 e. The molecule has 0 amide bonds. The van der Waals surface area contributed by atoms with Gasteiger partial charge in [0, 0.05) is 11.4 Å². The molecule has 1 N–H and O–H groups in total. The second kappa shape index (κ2) is 4.33. The van der Waals surface area contributed by atoms with E-state index in [9.17, 15) is 4.55 Å². The molecule has 0 spiro atoms. The van der Waals surface area contributed by atoms with Crippen LogP contribution in [0.1, 0.15) is 45.6 Å². The zero-order valence-corrected chi connectivity index (χ0v) is 11.7. The Kier molecular flexibility index (Phi) is 3.36. The van der Waals surface area contributed by atoms with Gasteiger partial charge in [0.05, 0.1) is 5.54 Å². The lowest BCUT2D eigenvalue weighted by atomic mass is 9.74. The average molecular weight is 257 g/mol. The highest BCUT2D eigenvalue weighted by molar-refractivity contribution is 7.90. The summed E-state index contributed by atoms with van der Waals surface area (Å²) in [6.07, 6.45) is 3.43. The van der Waals surface area contributed by atoms with Crippen LogP contribution in [0.5, 0.6) is 0 Å². The van der Waals surface area contributed by atoms with Crippen LogP contribution in [-0.2, 0) is 16.9 Å². The first-order chi connectivity index (χ1) is 7.44. The van der Waals surface area contributed by atoms with Crippen molar-refractivity contribution in [3.63, 3.8) is 0 Å². The van der Waals surface area contributed by atoms with Gasteiger partial charge in [0.1, 0.15) is 4.75 Å². The lowest BCUT2D eigenvalue weighted by Crippen LogP contribution is -2.54. The Morgan fingerprint density at radius 3 is 2.50 bits per heavy atom. The van der Waals surface area contributed by atoms with Gasteiger partial charge in [-0.3, -0.25) is 0 Å². The fourth-order valence-electron chi connectivity index (χ4n) is 1.85. The van der Waals surface area contributed by atoms with Crippen molar-refractivity contribution in [3.05, 3.63) is 22.4 Å². The van der Waals surface area contributed by atoms with Crippen molar-refractivity contribution in [3.8, 4) is 0 Å². The van der Waals surface area contributed by atoms with Crippen LogP contribution in [0.25, 0.3) is 0 Å². The summed E-state index contributed by atoms with van der Waals surface area (Å²) in [7, 11) is 0. The van der Waals surface area contributed by atoms with Crippen LogP contribution < -0.4 is 4.72 Å². The summed E-state index contributed by atoms with van der Waals surface area (Å²) < 4.78 is 15.3. The van der Waals surface area contributed by atoms with Crippen LogP contribution in [0.2, 0.25) is 0 Å². The Hall–Kier alpha value is -0.0300. The largest absolute Gasteiger partial charge is 0.598 e. The van der Waals surface area contributed by atoms with Gasteiger partial charge < -0.3 is 4.55 Å². The van der Waals surface area contributed by atoms with Gasteiger partial charge in [0.15, 0.2) is 0 Å². The van der Waals surface area contributed by atoms with E-state index in [-0.39, 0.29) is 10.3 Å². The fraction of sp³-hybridized carbons (Fsp3) is 0.667. The van der Waals surface area contributed by atoms with Crippen molar-refractivity contribution in [1.29, 1.82) is 0 Å². The Morgan fingerprint density at radius 2 is 2.12 bits per heavy atom. The first-order valence-corrected chi connectivity index (χ1v) is 7.76. The van der Waals surface area contributed by atoms with Crippen molar-refractivity contribution < 1.29 is 4.55 Å². The van der Waals surface area contributed by atoms with E-state index in [4.69, 9.17) is 0 Å². The topological polar surface area (TPSA) is 35.1 Å². The molecule has 4 heteroatoms. The highest BCUT2D eigenvalue weighted by atomic mass is 32.2. The van der Waals surface area contributed by atoms with Gasteiger partial charge in [0.2, 0.25) is 0 Å². The molecule has 1 aromatic heterocycles. The third-order valence-corrected chi connectivity index (χ3v) is 5.50. The van der Waals surface area contributed by atoms with E-state index in [1.807, 2.05) is 20.8 Å². The second-order valence-corrected chi connectivity index (χ2v) is 8.18. The van der Waals surface area contributed by atoms with Crippen molar-refractivity contribution >= 4 is 22.7 Å². The molecular weight excluding hydrogens is 238 g/mol. The zero-order valence-electron chi connectivity index (χ0n) is 10.1. The molecule has 1 unspecified atom stereocenters. The molecular formula is C12H19NOS2. The molecule has 90 valence electrons. The highest BCUT2D eigenvalue weighted by Crippen LogP contribution is 2.43. The van der Waals surface area contributed by atoms with E-state index in [1.165, 1.54) is 12.0 Å². The number of hydrogen-bond donors (Lipinski definition) is 1. The van der Waals surface area contributed by atoms with Crippen molar-refractivity contribution in [2.75, 3.05) is 0 Å². The van der Waals surface area contributed by atoms with Gasteiger partial charge in [-0.25, -0.2) is 0 Å². The molecule has 1 heterocycles. The summed E-state index contributed by atoms with van der Waals surface area (Å²) >= 11 is 0.726. The molecule has 0 aliphatic heterocycles. The Balaban J connectivity index is 2.12. The maximum atomic E-state index is 12.2. The Labute approximate surface area is 105 Å². The average Bonchev–Trinajstić information content (AvgIpc) is 2.61. The standard InChI is InChI=1S/C12H19NOS2/c1-11(2,3)16(14)13-12(6-4-7-12)10-5-8-15-9-10/h5,8-9,13H,4,6-7H2,1-3H3. The molecule has 1 aliphatic rings. The van der Waals surface area contributed by atoms with Crippen LogP contribution in [-0.4, -0.2) is 9.30 Å². The number of thiophene rings is 1. The van der Waals surface area contributed by atoms with Gasteiger partial charge >= 0.3 is 0 Å². The van der Waals surface area contributed by atoms with E-state index in [0.29, 0.717) is 0 Å². The minimum atomic E-state index is -0.985. The molecule has 16 heavy (non-hydrogen) atoms. The van der Waals surface area contributed by atoms with Crippen LogP contribution in [0.15, 0.2) is 16.8 Å². The zero-order chi connectivity index (χ0) is 11.8. The van der Waals surface area contributed by atoms with Crippen molar-refractivity contribution in [2.45, 2.75) is 50.3 Å². The second-order valence-electron chi connectivity index (χ2n) is 5.43. The first kappa shape index (κ1) is 12.4. The summed E-state index contributed by atoms with van der Waals surface area (Å²) in [6.45, 7) is 6.03. The predicted molar refractivity (Wildman–Crippen MR) is 70.9 cm³/mol. The van der Waals surface area contributed by atoms with E-state index in [2.05, 4.69) is 21.5 Å². The molecule has 0 radical (unpaired) electrons. The summed E-state index contributed by atoms with van der Waals surface area (Å²) in [6, 6.07) is 2.15. The molecule has 1 saturated carbocycles. The van der Waals surface area contributed by atoms with Gasteiger partial charge in [0.25, 0.3) is 0 Å². The summed E-state index contributed by atoms with van der Waals surface area (Å²) in [4.78, 5) is 0. The molecule has 0 saturated heterocycles. The number of rotatable bonds is 3. The molecule has 2 rings (SSSR count). The van der Waals surface area contributed by atoms with Gasteiger partial charge in [-0.15, -0.1) is 4.72 Å². The monoisotopic (exact) mass is 257 g/mol. The maximum absolute atomic E-state index is 12.2. The van der Waals surface area contributed by atoms with E-state index < -0.39 is 11.4 Å². The summed E-state index contributed by atoms with van der Waals surface area (Å²) in [5.41, 5.74) is 1.29. The van der Waals surface area contributed by atoms with Gasteiger partial charge in [-0.2, -0.15) is 11.3 Å². The van der Waals surface area contributed by atoms with Crippen molar-refractivity contribution in [1.82, 2.24) is 4.72 Å². The van der Waals surface area contributed by atoms with Crippen LogP contribution >= 0.6 is 11.3 Å². The molecule has 1 fully saturated rings. The van der Waals surface area contributed by atoms with Gasteiger partial charge in [-0.05, 0) is 62.4 Å². The van der Waals surface area contributed by atoms with E-state index in [0.717, 1.165) is 12.8 Å². The fourth-order valence-corrected chi connectivity index (χ4v) is 3.58. The SMILES string of the molecule is CC(C)(C)[S+]([O-])NC1(c2ccsc2)CCC1. The van der Waals surface area contributed by atoms with E-state index >= 15 is 0 Å². The van der Waals surface area contributed by atoms with Crippen LogP contribution in [0, 0.1) is 0 Å². The summed E-state index contributed by atoms with van der Waals surface area (Å²) in [5, 5.41) is 4.27. The minimum absolute atomic E-state index is 0.0157. The predicted octanol–water partition coefficient (Wildman–Crippen LogP) is 3.18. The lowest BCUT2D eigenvalue weighted by Gasteiger charge is -2.43. The van der Waals surface area contributed by atoms with Crippen LogP contribution in [0.4, 0.5) is 0 Å². The number of hydrogen-bond acceptors (Lipinski definition) is 3. The number of nitrogens with one attached hydrogen (secondary N) is 1.